The van der Waals surface area contributed by atoms with Gasteiger partial charge in [0.15, 0.2) is 5.82 Å². The number of nitrogens with two attached hydrogens (primary N) is 1. The van der Waals surface area contributed by atoms with E-state index in [1.54, 1.807) is 18.5 Å². The Kier molecular flexibility index (Phi) is 2.22. The molecule has 2 aromatic carbocycles. The van der Waals surface area contributed by atoms with Crippen molar-refractivity contribution in [1.29, 1.82) is 0 Å². The van der Waals surface area contributed by atoms with Crippen molar-refractivity contribution >= 4 is 16.5 Å². The molecule has 0 spiro atoms. The molecule has 1 aromatic heterocycles. The highest BCUT2D eigenvalue weighted by Gasteiger charge is 2.09. The van der Waals surface area contributed by atoms with Crippen LogP contribution in [0.25, 0.3) is 22.2 Å². The van der Waals surface area contributed by atoms with Crippen LogP contribution in [0, 0.1) is 0 Å². The highest BCUT2D eigenvalue weighted by molar-refractivity contribution is 6.00. The third-order valence-electron chi connectivity index (χ3n) is 2.75. The molecule has 0 unspecified atom stereocenters. The van der Waals surface area contributed by atoms with Crippen molar-refractivity contribution in [3.63, 3.8) is 0 Å². The molecule has 82 valence electrons. The van der Waals surface area contributed by atoms with Crippen LogP contribution in [0.5, 0.6) is 0 Å². The lowest BCUT2D eigenvalue weighted by Gasteiger charge is -2.08. The van der Waals surface area contributed by atoms with E-state index in [1.807, 2.05) is 30.3 Å². The van der Waals surface area contributed by atoms with Gasteiger partial charge in [0.25, 0.3) is 0 Å². The van der Waals surface area contributed by atoms with Gasteiger partial charge in [-0.2, -0.15) is 0 Å². The Morgan fingerprint density at radius 3 is 2.41 bits per heavy atom. The predicted octanol–water partition coefficient (Wildman–Crippen LogP) is 2.88. The first-order valence-corrected chi connectivity index (χ1v) is 5.41. The molecule has 0 aliphatic rings. The summed E-state index contributed by atoms with van der Waals surface area (Å²) in [6.45, 7) is 0. The van der Waals surface area contributed by atoms with Gasteiger partial charge in [0.05, 0.1) is 0 Å². The van der Waals surface area contributed by atoms with Gasteiger partial charge in [0, 0.05) is 23.6 Å². The third-order valence-corrected chi connectivity index (χ3v) is 2.75. The maximum absolute atomic E-state index is 6.04. The molecular formula is C14H11N3. The second-order valence-electron chi connectivity index (χ2n) is 3.82. The topological polar surface area (TPSA) is 51.8 Å². The Balaban J connectivity index is 2.39. The summed E-state index contributed by atoms with van der Waals surface area (Å²) in [5, 5.41) is 2.22. The minimum Gasteiger partial charge on any atom is -0.398 e. The molecule has 0 radical (unpaired) electrons. The second kappa shape index (κ2) is 3.87. The van der Waals surface area contributed by atoms with E-state index in [0.29, 0.717) is 11.5 Å². The standard InChI is InChI=1S/C14H11N3/c15-12-7-6-10-4-1-2-5-11(10)13(12)14-16-8-3-9-17-14/h1-9H,15H2. The van der Waals surface area contributed by atoms with Gasteiger partial charge in [-0.15, -0.1) is 0 Å². The van der Waals surface area contributed by atoms with Gasteiger partial charge in [-0.3, -0.25) is 0 Å². The lowest BCUT2D eigenvalue weighted by Crippen LogP contribution is -1.95. The average Bonchev–Trinajstić information content (AvgIpc) is 2.39. The predicted molar refractivity (Wildman–Crippen MR) is 69.4 cm³/mol. The minimum atomic E-state index is 0.668. The summed E-state index contributed by atoms with van der Waals surface area (Å²) in [5.41, 5.74) is 7.65. The monoisotopic (exact) mass is 221 g/mol. The van der Waals surface area contributed by atoms with E-state index in [0.717, 1.165) is 16.3 Å². The summed E-state index contributed by atoms with van der Waals surface area (Å²) in [6, 6.07) is 13.8. The van der Waals surface area contributed by atoms with Crippen LogP contribution in [0.2, 0.25) is 0 Å². The van der Waals surface area contributed by atoms with E-state index in [1.165, 1.54) is 0 Å². The first-order valence-electron chi connectivity index (χ1n) is 5.41. The van der Waals surface area contributed by atoms with Gasteiger partial charge in [-0.1, -0.05) is 30.3 Å². The van der Waals surface area contributed by atoms with E-state index < -0.39 is 0 Å². The van der Waals surface area contributed by atoms with E-state index in [4.69, 9.17) is 5.73 Å². The summed E-state index contributed by atoms with van der Waals surface area (Å²) in [4.78, 5) is 8.54. The SMILES string of the molecule is Nc1ccc2ccccc2c1-c1ncccn1. The number of rotatable bonds is 1. The first kappa shape index (κ1) is 9.78. The Labute approximate surface area is 98.9 Å². The molecule has 3 aromatic rings. The summed E-state index contributed by atoms with van der Waals surface area (Å²) in [5.74, 6) is 0.668. The van der Waals surface area contributed by atoms with Gasteiger partial charge in [0.1, 0.15) is 0 Å². The third kappa shape index (κ3) is 1.61. The van der Waals surface area contributed by atoms with Crippen LogP contribution in [-0.4, -0.2) is 9.97 Å². The lowest BCUT2D eigenvalue weighted by atomic mass is 10.0. The Morgan fingerprint density at radius 1 is 0.824 bits per heavy atom. The summed E-state index contributed by atoms with van der Waals surface area (Å²) in [6.07, 6.45) is 3.45. The fourth-order valence-electron chi connectivity index (χ4n) is 1.97. The van der Waals surface area contributed by atoms with Crippen molar-refractivity contribution in [3.8, 4) is 11.4 Å². The zero-order chi connectivity index (χ0) is 11.7. The molecule has 0 bridgehead atoms. The van der Waals surface area contributed by atoms with Crippen molar-refractivity contribution in [2.24, 2.45) is 0 Å². The zero-order valence-electron chi connectivity index (χ0n) is 9.17. The molecule has 0 saturated carbocycles. The minimum absolute atomic E-state index is 0.668. The number of nitrogens with zero attached hydrogens (tertiary/aromatic N) is 2. The number of hydrogen-bond acceptors (Lipinski definition) is 3. The van der Waals surface area contributed by atoms with Crippen molar-refractivity contribution in [2.75, 3.05) is 5.73 Å². The summed E-state index contributed by atoms with van der Waals surface area (Å²) < 4.78 is 0. The fraction of sp³-hybridized carbons (Fsp3) is 0. The summed E-state index contributed by atoms with van der Waals surface area (Å²) >= 11 is 0. The Hall–Kier alpha value is -2.42. The van der Waals surface area contributed by atoms with Gasteiger partial charge in [-0.25, -0.2) is 9.97 Å². The van der Waals surface area contributed by atoms with E-state index >= 15 is 0 Å². The highest BCUT2D eigenvalue weighted by Crippen LogP contribution is 2.31. The number of benzene rings is 2. The molecule has 1 heterocycles. The van der Waals surface area contributed by atoms with Gasteiger partial charge < -0.3 is 5.73 Å². The molecule has 0 saturated heterocycles. The molecule has 0 aliphatic heterocycles. The normalized spacial score (nSPS) is 10.6. The quantitative estimate of drug-likeness (QED) is 0.643. The average molecular weight is 221 g/mol. The van der Waals surface area contributed by atoms with Crippen LogP contribution in [0.3, 0.4) is 0 Å². The van der Waals surface area contributed by atoms with Crippen LogP contribution >= 0.6 is 0 Å². The van der Waals surface area contributed by atoms with Crippen molar-refractivity contribution in [2.45, 2.75) is 0 Å². The van der Waals surface area contributed by atoms with E-state index in [9.17, 15) is 0 Å². The molecule has 3 rings (SSSR count). The van der Waals surface area contributed by atoms with Crippen molar-refractivity contribution in [1.82, 2.24) is 9.97 Å². The van der Waals surface area contributed by atoms with Crippen molar-refractivity contribution in [3.05, 3.63) is 54.9 Å². The fourth-order valence-corrected chi connectivity index (χ4v) is 1.97. The molecule has 0 aliphatic carbocycles. The van der Waals surface area contributed by atoms with Crippen LogP contribution in [-0.2, 0) is 0 Å². The van der Waals surface area contributed by atoms with Gasteiger partial charge in [0.2, 0.25) is 0 Å². The molecule has 0 amide bonds. The second-order valence-corrected chi connectivity index (χ2v) is 3.82. The van der Waals surface area contributed by atoms with Gasteiger partial charge >= 0.3 is 0 Å². The number of aromatic nitrogens is 2. The highest BCUT2D eigenvalue weighted by atomic mass is 14.9. The van der Waals surface area contributed by atoms with Crippen LogP contribution in [0.4, 0.5) is 5.69 Å². The lowest BCUT2D eigenvalue weighted by molar-refractivity contribution is 1.18. The number of fused-ring (bicyclic) bond motifs is 1. The molecular weight excluding hydrogens is 210 g/mol. The Morgan fingerprint density at radius 2 is 1.59 bits per heavy atom. The molecule has 3 nitrogen and oxygen atoms in total. The maximum atomic E-state index is 6.04. The van der Waals surface area contributed by atoms with Crippen molar-refractivity contribution < 1.29 is 0 Å². The van der Waals surface area contributed by atoms with Crippen LogP contribution in [0.15, 0.2) is 54.9 Å². The molecule has 0 fully saturated rings. The molecule has 2 N–H and O–H groups in total. The largest absolute Gasteiger partial charge is 0.398 e. The smallest absolute Gasteiger partial charge is 0.161 e. The van der Waals surface area contributed by atoms with E-state index in [2.05, 4.69) is 16.0 Å². The zero-order valence-corrected chi connectivity index (χ0v) is 9.17. The number of anilines is 1. The van der Waals surface area contributed by atoms with Crippen LogP contribution in [0.1, 0.15) is 0 Å². The van der Waals surface area contributed by atoms with Gasteiger partial charge in [-0.05, 0) is 22.9 Å². The maximum Gasteiger partial charge on any atom is 0.161 e. The molecule has 17 heavy (non-hydrogen) atoms. The Bertz CT molecular complexity index is 663. The summed E-state index contributed by atoms with van der Waals surface area (Å²) in [7, 11) is 0. The number of nitrogen functional groups attached to an aromatic ring is 1. The number of hydrogen-bond donors (Lipinski definition) is 1. The molecule has 0 atom stereocenters. The first-order chi connectivity index (χ1) is 8.36. The van der Waals surface area contributed by atoms with Crippen LogP contribution < -0.4 is 5.73 Å². The van der Waals surface area contributed by atoms with E-state index in [-0.39, 0.29) is 0 Å². The molecule has 3 heteroatoms.